The highest BCUT2D eigenvalue weighted by atomic mass is 16.6. The lowest BCUT2D eigenvalue weighted by Crippen LogP contribution is -2.35. The van der Waals surface area contributed by atoms with Crippen molar-refractivity contribution in [3.63, 3.8) is 0 Å². The van der Waals surface area contributed by atoms with E-state index in [0.717, 1.165) is 37.6 Å². The lowest BCUT2D eigenvalue weighted by molar-refractivity contribution is 0.0289. The van der Waals surface area contributed by atoms with E-state index in [1.165, 1.54) is 0 Å². The molecule has 0 spiro atoms. The summed E-state index contributed by atoms with van der Waals surface area (Å²) in [5.74, 6) is 1.20. The molecule has 0 radical (unpaired) electrons. The number of nitrogens with zero attached hydrogens (tertiary/aromatic N) is 3. The molecule has 1 aliphatic rings. The number of rotatable bonds is 3. The van der Waals surface area contributed by atoms with Gasteiger partial charge in [0.2, 0.25) is 0 Å². The number of likely N-dealkylation sites (tertiary alicyclic amines) is 1. The maximum Gasteiger partial charge on any atom is 0.410 e. The monoisotopic (exact) mass is 292 g/mol. The van der Waals surface area contributed by atoms with Gasteiger partial charge < -0.3 is 15.0 Å². The average molecular weight is 292 g/mol. The highest BCUT2D eigenvalue weighted by Gasteiger charge is 2.29. The number of nitrogens with one attached hydrogen (secondary N) is 1. The summed E-state index contributed by atoms with van der Waals surface area (Å²) in [7, 11) is 0. The van der Waals surface area contributed by atoms with Crippen molar-refractivity contribution >= 4 is 11.9 Å². The van der Waals surface area contributed by atoms with Crippen LogP contribution < -0.4 is 5.32 Å². The van der Waals surface area contributed by atoms with E-state index < -0.39 is 5.60 Å². The summed E-state index contributed by atoms with van der Waals surface area (Å²) >= 11 is 0. The van der Waals surface area contributed by atoms with E-state index in [4.69, 9.17) is 4.74 Å². The maximum atomic E-state index is 12.0. The van der Waals surface area contributed by atoms with Crippen LogP contribution in [0.2, 0.25) is 0 Å². The second-order valence-electron chi connectivity index (χ2n) is 6.51. The van der Waals surface area contributed by atoms with Gasteiger partial charge in [0.05, 0.1) is 11.9 Å². The van der Waals surface area contributed by atoms with Gasteiger partial charge in [-0.25, -0.2) is 9.78 Å². The summed E-state index contributed by atoms with van der Waals surface area (Å²) in [4.78, 5) is 22.2. The molecule has 6 heteroatoms. The first-order chi connectivity index (χ1) is 9.83. The van der Waals surface area contributed by atoms with Crippen LogP contribution >= 0.6 is 0 Å². The minimum absolute atomic E-state index is 0.222. The molecular formula is C15H24N4O2. The standard InChI is InChI=1S/C15H24N4O2/c1-11-7-16-9-13(18-11)17-8-12-5-6-19(10-12)14(20)21-15(2,3)4/h7,9,12H,5-6,8,10H2,1-4H3,(H,17,18)/t12-/m0/s1. The summed E-state index contributed by atoms with van der Waals surface area (Å²) in [6.45, 7) is 9.83. The molecule has 2 rings (SSSR count). The molecule has 0 bridgehead atoms. The predicted molar refractivity (Wildman–Crippen MR) is 81.2 cm³/mol. The van der Waals surface area contributed by atoms with Crippen molar-refractivity contribution in [3.05, 3.63) is 18.1 Å². The molecule has 1 saturated heterocycles. The third kappa shape index (κ3) is 4.88. The van der Waals surface area contributed by atoms with Gasteiger partial charge in [-0.05, 0) is 40.0 Å². The first-order valence-corrected chi connectivity index (χ1v) is 7.34. The van der Waals surface area contributed by atoms with Crippen molar-refractivity contribution in [2.75, 3.05) is 25.0 Å². The minimum atomic E-state index is -0.440. The van der Waals surface area contributed by atoms with Crippen molar-refractivity contribution in [2.45, 2.75) is 39.7 Å². The fourth-order valence-electron chi connectivity index (χ4n) is 2.29. The van der Waals surface area contributed by atoms with E-state index in [2.05, 4.69) is 15.3 Å². The van der Waals surface area contributed by atoms with E-state index >= 15 is 0 Å². The normalized spacial score (nSPS) is 18.7. The minimum Gasteiger partial charge on any atom is -0.444 e. The molecule has 1 aromatic rings. The smallest absolute Gasteiger partial charge is 0.410 e. The lowest BCUT2D eigenvalue weighted by atomic mass is 10.1. The van der Waals surface area contributed by atoms with Gasteiger partial charge in [0.1, 0.15) is 11.4 Å². The molecule has 1 atom stereocenters. The predicted octanol–water partition coefficient (Wildman–Crippen LogP) is 2.45. The van der Waals surface area contributed by atoms with Crippen LogP contribution in [-0.4, -0.2) is 46.2 Å². The zero-order valence-electron chi connectivity index (χ0n) is 13.2. The molecule has 0 saturated carbocycles. The largest absolute Gasteiger partial charge is 0.444 e. The van der Waals surface area contributed by atoms with Crippen molar-refractivity contribution in [3.8, 4) is 0 Å². The number of aromatic nitrogens is 2. The molecular weight excluding hydrogens is 268 g/mol. The van der Waals surface area contributed by atoms with Gasteiger partial charge in [0, 0.05) is 25.8 Å². The Bertz CT molecular complexity index is 499. The highest BCUT2D eigenvalue weighted by molar-refractivity contribution is 5.68. The Hall–Kier alpha value is -1.85. The molecule has 116 valence electrons. The van der Waals surface area contributed by atoms with Gasteiger partial charge in [0.25, 0.3) is 0 Å². The topological polar surface area (TPSA) is 67.4 Å². The zero-order valence-corrected chi connectivity index (χ0v) is 13.2. The second kappa shape index (κ2) is 6.28. The van der Waals surface area contributed by atoms with Crippen molar-refractivity contribution in [2.24, 2.45) is 5.92 Å². The van der Waals surface area contributed by atoms with Crippen LogP contribution in [0.1, 0.15) is 32.9 Å². The van der Waals surface area contributed by atoms with E-state index in [1.54, 1.807) is 17.3 Å². The Morgan fingerprint density at radius 3 is 2.90 bits per heavy atom. The fraction of sp³-hybridized carbons (Fsp3) is 0.667. The number of hydrogen-bond acceptors (Lipinski definition) is 5. The lowest BCUT2D eigenvalue weighted by Gasteiger charge is -2.24. The fourth-order valence-corrected chi connectivity index (χ4v) is 2.29. The first kappa shape index (κ1) is 15.5. The van der Waals surface area contributed by atoms with Crippen molar-refractivity contribution in [1.82, 2.24) is 14.9 Å². The van der Waals surface area contributed by atoms with E-state index in [-0.39, 0.29) is 6.09 Å². The quantitative estimate of drug-likeness (QED) is 0.927. The molecule has 1 N–H and O–H groups in total. The van der Waals surface area contributed by atoms with Gasteiger partial charge in [-0.2, -0.15) is 0 Å². The third-order valence-electron chi connectivity index (χ3n) is 3.26. The molecule has 2 heterocycles. The van der Waals surface area contributed by atoms with Gasteiger partial charge in [-0.15, -0.1) is 0 Å². The number of carbonyl (C=O) groups excluding carboxylic acids is 1. The molecule has 0 aromatic carbocycles. The molecule has 1 aromatic heterocycles. The number of aryl methyl sites for hydroxylation is 1. The summed E-state index contributed by atoms with van der Waals surface area (Å²) < 4.78 is 5.39. The molecule has 1 fully saturated rings. The molecule has 1 aliphatic heterocycles. The Balaban J connectivity index is 1.79. The Morgan fingerprint density at radius 1 is 1.48 bits per heavy atom. The summed E-state index contributed by atoms with van der Waals surface area (Å²) in [6, 6.07) is 0. The Kier molecular flexibility index (Phi) is 4.65. The van der Waals surface area contributed by atoms with E-state index in [1.807, 2.05) is 27.7 Å². The molecule has 21 heavy (non-hydrogen) atoms. The number of carbonyl (C=O) groups is 1. The van der Waals surface area contributed by atoms with E-state index in [9.17, 15) is 4.79 Å². The van der Waals surface area contributed by atoms with Crippen LogP contribution in [-0.2, 0) is 4.74 Å². The number of amides is 1. The van der Waals surface area contributed by atoms with Crippen molar-refractivity contribution in [1.29, 1.82) is 0 Å². The average Bonchev–Trinajstić information content (AvgIpc) is 2.83. The SMILES string of the molecule is Cc1cncc(NC[C@@H]2CCN(C(=O)OC(C)(C)C)C2)n1. The van der Waals surface area contributed by atoms with Crippen LogP contribution in [0.15, 0.2) is 12.4 Å². The summed E-state index contributed by atoms with van der Waals surface area (Å²) in [5.41, 5.74) is 0.451. The van der Waals surface area contributed by atoms with Crippen LogP contribution in [0.4, 0.5) is 10.6 Å². The zero-order chi connectivity index (χ0) is 15.5. The van der Waals surface area contributed by atoms with Gasteiger partial charge in [0.15, 0.2) is 0 Å². The highest BCUT2D eigenvalue weighted by Crippen LogP contribution is 2.19. The molecule has 0 unspecified atom stereocenters. The van der Waals surface area contributed by atoms with Crippen LogP contribution in [0.3, 0.4) is 0 Å². The van der Waals surface area contributed by atoms with Crippen molar-refractivity contribution < 1.29 is 9.53 Å². The Morgan fingerprint density at radius 2 is 2.24 bits per heavy atom. The summed E-state index contributed by atoms with van der Waals surface area (Å²) in [5, 5.41) is 3.28. The third-order valence-corrected chi connectivity index (χ3v) is 3.26. The number of anilines is 1. The van der Waals surface area contributed by atoms with Crippen LogP contribution in [0.25, 0.3) is 0 Å². The van der Waals surface area contributed by atoms with Gasteiger partial charge in [-0.3, -0.25) is 4.98 Å². The van der Waals surface area contributed by atoms with E-state index in [0.29, 0.717) is 5.92 Å². The maximum absolute atomic E-state index is 12.0. The Labute approximate surface area is 125 Å². The molecule has 0 aliphatic carbocycles. The number of ether oxygens (including phenoxy) is 1. The first-order valence-electron chi connectivity index (χ1n) is 7.34. The molecule has 6 nitrogen and oxygen atoms in total. The molecule has 1 amide bonds. The number of hydrogen-bond donors (Lipinski definition) is 1. The van der Waals surface area contributed by atoms with Crippen LogP contribution in [0.5, 0.6) is 0 Å². The van der Waals surface area contributed by atoms with Gasteiger partial charge >= 0.3 is 6.09 Å². The second-order valence-corrected chi connectivity index (χ2v) is 6.51. The van der Waals surface area contributed by atoms with Crippen LogP contribution in [0, 0.1) is 12.8 Å². The summed E-state index contributed by atoms with van der Waals surface area (Å²) in [6.07, 6.45) is 4.20. The van der Waals surface area contributed by atoms with Gasteiger partial charge in [-0.1, -0.05) is 0 Å².